The summed E-state index contributed by atoms with van der Waals surface area (Å²) in [6, 6.07) is 4.14. The quantitative estimate of drug-likeness (QED) is 0.851. The Hall–Kier alpha value is -2.87. The zero-order chi connectivity index (χ0) is 19.1. The number of methoxy groups -OCH3 is 1. The Morgan fingerprint density at radius 2 is 2.23 bits per heavy atom. The molecule has 1 unspecified atom stereocenters. The Balaban J connectivity index is 2.07. The van der Waals surface area contributed by atoms with Crippen molar-refractivity contribution < 1.29 is 19.0 Å². The highest BCUT2D eigenvalue weighted by molar-refractivity contribution is 6.33. The minimum Gasteiger partial charge on any atom is -0.500 e. The van der Waals surface area contributed by atoms with Gasteiger partial charge >= 0.3 is 11.7 Å². The average Bonchev–Trinajstić information content (AvgIpc) is 2.96. The smallest absolute Gasteiger partial charge is 0.348 e. The molecule has 0 bridgehead atoms. The van der Waals surface area contributed by atoms with Crippen LogP contribution in [0.25, 0.3) is 17.1 Å². The van der Waals surface area contributed by atoms with E-state index in [1.54, 1.807) is 6.08 Å². The van der Waals surface area contributed by atoms with E-state index >= 15 is 0 Å². The number of aliphatic carboxylic acids is 1. The molecular weight excluding hydrogens is 365 g/mol. The van der Waals surface area contributed by atoms with E-state index in [9.17, 15) is 19.1 Å². The van der Waals surface area contributed by atoms with Gasteiger partial charge in [-0.1, -0.05) is 23.7 Å². The largest absolute Gasteiger partial charge is 0.500 e. The number of allylic oxidation sites excluding steroid dienone is 3. The lowest BCUT2D eigenvalue weighted by Crippen LogP contribution is -2.33. The predicted octanol–water partition coefficient (Wildman–Crippen LogP) is 2.90. The molecule has 0 fully saturated rings. The molecule has 0 saturated heterocycles. The Bertz CT molecular complexity index is 987. The number of carboxylic acids is 1. The molecular formula is C17H15ClFN3O4. The van der Waals surface area contributed by atoms with Crippen molar-refractivity contribution in [3.63, 3.8) is 0 Å². The van der Waals surface area contributed by atoms with Crippen molar-refractivity contribution in [2.75, 3.05) is 7.11 Å². The highest BCUT2D eigenvalue weighted by atomic mass is 35.5. The highest BCUT2D eigenvalue weighted by Gasteiger charge is 2.40. The van der Waals surface area contributed by atoms with Gasteiger partial charge in [0.15, 0.2) is 5.82 Å². The lowest BCUT2D eigenvalue weighted by Gasteiger charge is -2.28. The molecule has 136 valence electrons. The number of aromatic amines is 1. The lowest BCUT2D eigenvalue weighted by atomic mass is 9.81. The predicted molar refractivity (Wildman–Crippen MR) is 93.0 cm³/mol. The summed E-state index contributed by atoms with van der Waals surface area (Å²) in [5, 5.41) is 13.6. The lowest BCUT2D eigenvalue weighted by molar-refractivity contribution is -0.147. The van der Waals surface area contributed by atoms with Crippen molar-refractivity contribution in [1.29, 1.82) is 0 Å². The zero-order valence-electron chi connectivity index (χ0n) is 13.9. The van der Waals surface area contributed by atoms with Crippen LogP contribution in [0.5, 0.6) is 0 Å². The van der Waals surface area contributed by atoms with E-state index in [2.05, 4.69) is 10.1 Å². The zero-order valence-corrected chi connectivity index (χ0v) is 14.7. The van der Waals surface area contributed by atoms with Crippen LogP contribution in [0.4, 0.5) is 4.39 Å². The highest BCUT2D eigenvalue weighted by Crippen LogP contribution is 2.38. The van der Waals surface area contributed by atoms with Gasteiger partial charge in [0.25, 0.3) is 0 Å². The van der Waals surface area contributed by atoms with Gasteiger partial charge in [-0.2, -0.15) is 4.68 Å². The molecule has 0 spiro atoms. The van der Waals surface area contributed by atoms with Gasteiger partial charge in [0, 0.05) is 6.08 Å². The van der Waals surface area contributed by atoms with Gasteiger partial charge in [-0.05, 0) is 25.5 Å². The molecule has 9 heteroatoms. The summed E-state index contributed by atoms with van der Waals surface area (Å²) in [4.78, 5) is 26.3. The van der Waals surface area contributed by atoms with Crippen LogP contribution in [0.15, 0.2) is 40.9 Å². The van der Waals surface area contributed by atoms with Crippen LogP contribution in [0.3, 0.4) is 0 Å². The minimum absolute atomic E-state index is 0.0206. The van der Waals surface area contributed by atoms with Crippen molar-refractivity contribution in [2.24, 2.45) is 5.41 Å². The molecule has 0 saturated carbocycles. The summed E-state index contributed by atoms with van der Waals surface area (Å²) in [5.74, 6) is -1.52. The maximum absolute atomic E-state index is 14.1. The number of nitrogens with one attached hydrogen (secondary N) is 1. The molecule has 1 aromatic carbocycles. The molecule has 2 N–H and O–H groups in total. The molecule has 0 radical (unpaired) electrons. The summed E-state index contributed by atoms with van der Waals surface area (Å²) in [7, 11) is 1.35. The van der Waals surface area contributed by atoms with E-state index in [-0.39, 0.29) is 28.6 Å². The van der Waals surface area contributed by atoms with E-state index < -0.39 is 22.9 Å². The number of aromatic nitrogens is 3. The van der Waals surface area contributed by atoms with Crippen LogP contribution in [-0.4, -0.2) is 33.0 Å². The first-order chi connectivity index (χ1) is 12.3. The normalized spacial score (nSPS) is 19.7. The third kappa shape index (κ3) is 2.82. The van der Waals surface area contributed by atoms with Crippen LogP contribution in [0.1, 0.15) is 13.3 Å². The first kappa shape index (κ1) is 17.9. The SMILES string of the molecule is COC1=CC(n2nc(-c3c(F)cccc3Cl)[nH]c2=O)=CCC1(C)C(=O)O. The fourth-order valence-electron chi connectivity index (χ4n) is 2.72. The second kappa shape index (κ2) is 6.45. The van der Waals surface area contributed by atoms with Crippen molar-refractivity contribution in [2.45, 2.75) is 13.3 Å². The van der Waals surface area contributed by atoms with E-state index in [4.69, 9.17) is 16.3 Å². The van der Waals surface area contributed by atoms with Gasteiger partial charge in [0.2, 0.25) is 0 Å². The summed E-state index contributed by atoms with van der Waals surface area (Å²) >= 11 is 6.01. The number of halogens is 2. The molecule has 0 amide bonds. The van der Waals surface area contributed by atoms with Crippen molar-refractivity contribution in [3.05, 3.63) is 57.4 Å². The average molecular weight is 380 g/mol. The summed E-state index contributed by atoms with van der Waals surface area (Å²) in [6.07, 6.45) is 3.09. The molecule has 3 rings (SSSR count). The number of H-pyrrole nitrogens is 1. The fourth-order valence-corrected chi connectivity index (χ4v) is 2.98. The van der Waals surface area contributed by atoms with Crippen LogP contribution in [0.2, 0.25) is 5.02 Å². The number of nitrogens with zero attached hydrogens (tertiary/aromatic N) is 2. The minimum atomic E-state index is -1.24. The van der Waals surface area contributed by atoms with Crippen molar-refractivity contribution in [3.8, 4) is 11.4 Å². The molecule has 7 nitrogen and oxygen atoms in total. The fraction of sp³-hybridized carbons (Fsp3) is 0.235. The van der Waals surface area contributed by atoms with Crippen LogP contribution in [0, 0.1) is 11.2 Å². The van der Waals surface area contributed by atoms with Gasteiger partial charge in [-0.25, -0.2) is 9.18 Å². The Morgan fingerprint density at radius 1 is 1.50 bits per heavy atom. The van der Waals surface area contributed by atoms with E-state index in [1.807, 2.05) is 0 Å². The summed E-state index contributed by atoms with van der Waals surface area (Å²) < 4.78 is 20.3. The van der Waals surface area contributed by atoms with Crippen molar-refractivity contribution >= 4 is 23.3 Å². The Morgan fingerprint density at radius 3 is 2.85 bits per heavy atom. The van der Waals surface area contributed by atoms with Crippen LogP contribution >= 0.6 is 11.6 Å². The maximum Gasteiger partial charge on any atom is 0.348 e. The van der Waals surface area contributed by atoms with Crippen molar-refractivity contribution in [1.82, 2.24) is 14.8 Å². The van der Waals surface area contributed by atoms with Gasteiger partial charge < -0.3 is 9.84 Å². The van der Waals surface area contributed by atoms with E-state index in [0.29, 0.717) is 5.70 Å². The molecule has 1 aliphatic carbocycles. The topological polar surface area (TPSA) is 97.2 Å². The van der Waals surface area contributed by atoms with E-state index in [0.717, 1.165) is 4.68 Å². The van der Waals surface area contributed by atoms with Crippen LogP contribution in [-0.2, 0) is 9.53 Å². The monoisotopic (exact) mass is 379 g/mol. The molecule has 26 heavy (non-hydrogen) atoms. The molecule has 1 heterocycles. The Labute approximate surface area is 152 Å². The Kier molecular flexibility index (Phi) is 4.45. The first-order valence-electron chi connectivity index (χ1n) is 7.61. The van der Waals surface area contributed by atoms with Gasteiger partial charge in [0.05, 0.1) is 23.4 Å². The molecule has 1 aromatic heterocycles. The maximum atomic E-state index is 14.1. The molecule has 1 aliphatic rings. The molecule has 2 aromatic rings. The van der Waals surface area contributed by atoms with E-state index in [1.165, 1.54) is 38.3 Å². The number of carboxylic acid groups (broad SMARTS) is 1. The van der Waals surface area contributed by atoms with Gasteiger partial charge in [-0.15, -0.1) is 5.10 Å². The molecule has 0 aliphatic heterocycles. The number of rotatable bonds is 4. The third-order valence-electron chi connectivity index (χ3n) is 4.30. The number of carbonyl (C=O) groups is 1. The molecule has 1 atom stereocenters. The second-order valence-corrected chi connectivity index (χ2v) is 6.38. The standard InChI is InChI=1S/C17H15ClFN3O4/c1-17(15(23)24)7-6-9(8-12(17)26-2)22-16(25)20-14(21-22)13-10(18)4-3-5-11(13)19/h3-6,8H,7H2,1-2H3,(H,23,24)(H,20,21,25). The summed E-state index contributed by atoms with van der Waals surface area (Å²) in [6.45, 7) is 1.52. The number of hydrogen-bond acceptors (Lipinski definition) is 4. The second-order valence-electron chi connectivity index (χ2n) is 5.97. The summed E-state index contributed by atoms with van der Waals surface area (Å²) in [5.41, 5.74) is -1.56. The first-order valence-corrected chi connectivity index (χ1v) is 7.99. The van der Waals surface area contributed by atoms with Gasteiger partial charge in [0.1, 0.15) is 17.0 Å². The number of hydrogen-bond donors (Lipinski definition) is 2. The number of ether oxygens (including phenoxy) is 1. The van der Waals surface area contributed by atoms with Crippen LogP contribution < -0.4 is 5.69 Å². The number of benzene rings is 1. The van der Waals surface area contributed by atoms with Gasteiger partial charge in [-0.3, -0.25) is 9.78 Å². The third-order valence-corrected chi connectivity index (χ3v) is 4.61.